The summed E-state index contributed by atoms with van der Waals surface area (Å²) < 4.78 is 32.7. The Bertz CT molecular complexity index is 1260. The van der Waals surface area contributed by atoms with Gasteiger partial charge in [0, 0.05) is 12.8 Å². The van der Waals surface area contributed by atoms with E-state index in [0.29, 0.717) is 19.3 Å². The first-order valence-corrected chi connectivity index (χ1v) is 24.4. The first-order valence-electron chi connectivity index (χ1n) is 22.9. The van der Waals surface area contributed by atoms with E-state index >= 15 is 0 Å². The molecule has 2 unspecified atom stereocenters. The minimum Gasteiger partial charge on any atom is -0.462 e. The third-order valence-electron chi connectivity index (χ3n) is 9.40. The molecule has 12 heteroatoms. The van der Waals surface area contributed by atoms with Crippen molar-refractivity contribution in [3.8, 4) is 0 Å². The van der Waals surface area contributed by atoms with Crippen LogP contribution in [0.2, 0.25) is 0 Å². The van der Waals surface area contributed by atoms with Crippen molar-refractivity contribution < 1.29 is 52.9 Å². The average molecular weight is 867 g/mol. The zero-order chi connectivity index (χ0) is 44.4. The summed E-state index contributed by atoms with van der Waals surface area (Å²) in [5.41, 5.74) is 0. The molecular weight excluding hydrogens is 783 g/mol. The van der Waals surface area contributed by atoms with Gasteiger partial charge in [0.15, 0.2) is 6.10 Å². The number of rotatable bonds is 41. The van der Waals surface area contributed by atoms with E-state index in [4.69, 9.17) is 19.1 Å². The summed E-state index contributed by atoms with van der Waals surface area (Å²) in [6, 6.07) is 0. The zero-order valence-electron chi connectivity index (χ0n) is 37.4. The molecule has 0 aliphatic heterocycles. The van der Waals surface area contributed by atoms with Crippen molar-refractivity contribution in [3.63, 3.8) is 0 Å². The summed E-state index contributed by atoms with van der Waals surface area (Å²) in [4.78, 5) is 35.0. The number of aliphatic hydroxyl groups is 3. The second kappa shape index (κ2) is 41.7. The predicted molar refractivity (Wildman–Crippen MR) is 243 cm³/mol. The van der Waals surface area contributed by atoms with Gasteiger partial charge < -0.3 is 29.7 Å². The molecule has 0 heterocycles. The van der Waals surface area contributed by atoms with Crippen molar-refractivity contribution in [2.75, 3.05) is 26.4 Å². The van der Waals surface area contributed by atoms with E-state index in [1.807, 2.05) is 48.6 Å². The number of hydrogen-bond acceptors (Lipinski definition) is 10. The van der Waals surface area contributed by atoms with Crippen molar-refractivity contribution >= 4 is 19.8 Å². The van der Waals surface area contributed by atoms with Gasteiger partial charge in [-0.2, -0.15) is 0 Å². The van der Waals surface area contributed by atoms with Gasteiger partial charge in [0.1, 0.15) is 12.7 Å². The molecule has 0 amide bonds. The molecule has 0 radical (unpaired) electrons. The van der Waals surface area contributed by atoms with Crippen molar-refractivity contribution in [2.24, 2.45) is 5.92 Å². The van der Waals surface area contributed by atoms with E-state index in [1.165, 1.54) is 70.6 Å². The van der Waals surface area contributed by atoms with Crippen LogP contribution in [0.15, 0.2) is 72.9 Å². The molecule has 4 atom stereocenters. The molecule has 0 bridgehead atoms. The van der Waals surface area contributed by atoms with Crippen LogP contribution in [0.4, 0.5) is 0 Å². The molecule has 0 aliphatic rings. The summed E-state index contributed by atoms with van der Waals surface area (Å²) >= 11 is 0. The Balaban J connectivity index is 4.42. The molecular formula is C48H83O11P. The largest absolute Gasteiger partial charge is 0.472 e. The Hall–Kier alpha value is -2.63. The molecule has 0 saturated carbocycles. The Labute approximate surface area is 363 Å². The lowest BCUT2D eigenvalue weighted by atomic mass is 10.0. The number of carbonyl (C=O) groups is 2. The van der Waals surface area contributed by atoms with Crippen LogP contribution < -0.4 is 0 Å². The molecule has 11 nitrogen and oxygen atoms in total. The lowest BCUT2D eigenvalue weighted by Crippen LogP contribution is -2.29. The van der Waals surface area contributed by atoms with Crippen LogP contribution in [0.25, 0.3) is 0 Å². The smallest absolute Gasteiger partial charge is 0.462 e. The highest BCUT2D eigenvalue weighted by Gasteiger charge is 2.27. The summed E-state index contributed by atoms with van der Waals surface area (Å²) in [7, 11) is -4.65. The molecule has 0 aromatic rings. The van der Waals surface area contributed by atoms with Gasteiger partial charge in [0.25, 0.3) is 0 Å². The minimum atomic E-state index is -4.65. The van der Waals surface area contributed by atoms with Crippen LogP contribution in [0, 0.1) is 5.92 Å². The van der Waals surface area contributed by atoms with Crippen LogP contribution in [-0.2, 0) is 32.7 Å². The second-order valence-electron chi connectivity index (χ2n) is 15.7. The highest BCUT2D eigenvalue weighted by Crippen LogP contribution is 2.43. The lowest BCUT2D eigenvalue weighted by molar-refractivity contribution is -0.161. The topological polar surface area (TPSA) is 169 Å². The van der Waals surface area contributed by atoms with Crippen LogP contribution >= 0.6 is 7.82 Å². The molecule has 0 saturated heterocycles. The fraction of sp³-hybridized carbons (Fsp3) is 0.708. The molecule has 0 rings (SSSR count). The molecule has 346 valence electrons. The van der Waals surface area contributed by atoms with Crippen LogP contribution in [0.1, 0.15) is 168 Å². The molecule has 60 heavy (non-hydrogen) atoms. The van der Waals surface area contributed by atoms with Crippen molar-refractivity contribution in [3.05, 3.63) is 72.9 Å². The fourth-order valence-corrected chi connectivity index (χ4v) is 6.67. The molecule has 0 fully saturated rings. The minimum absolute atomic E-state index is 0.0986. The SMILES string of the molecule is CC/C=C\CC(O)/C=C/C=C/C/C=C\C/C=C\C/C=C\CCC(=O)OC[C@H](COP(=O)(O)OC[C@@H](O)CO)OC(=O)CCCCCCCCCCCCCCCCC(C)C. The molecule has 4 N–H and O–H groups in total. The van der Waals surface area contributed by atoms with Crippen molar-refractivity contribution in [2.45, 2.75) is 187 Å². The Kier molecular flexibility index (Phi) is 39.9. The second-order valence-corrected chi connectivity index (χ2v) is 17.2. The van der Waals surface area contributed by atoms with Gasteiger partial charge in [0.2, 0.25) is 0 Å². The number of ether oxygens (including phenoxy) is 2. The number of carbonyl (C=O) groups excluding carboxylic acids is 2. The van der Waals surface area contributed by atoms with Gasteiger partial charge in [-0.3, -0.25) is 18.6 Å². The third-order valence-corrected chi connectivity index (χ3v) is 10.3. The molecule has 0 aromatic carbocycles. The average Bonchev–Trinajstić information content (AvgIpc) is 3.22. The number of esters is 2. The van der Waals surface area contributed by atoms with E-state index in [2.05, 4.69) is 43.5 Å². The number of unbranched alkanes of at least 4 members (excludes halogenated alkanes) is 13. The highest BCUT2D eigenvalue weighted by molar-refractivity contribution is 7.47. The van der Waals surface area contributed by atoms with E-state index < -0.39 is 57.9 Å². The maximum Gasteiger partial charge on any atom is 0.472 e. The number of phosphoric acid groups is 1. The monoisotopic (exact) mass is 867 g/mol. The van der Waals surface area contributed by atoms with E-state index in [-0.39, 0.29) is 19.4 Å². The van der Waals surface area contributed by atoms with Gasteiger partial charge >= 0.3 is 19.8 Å². The van der Waals surface area contributed by atoms with E-state index in [0.717, 1.165) is 50.9 Å². The zero-order valence-corrected chi connectivity index (χ0v) is 38.3. The van der Waals surface area contributed by atoms with E-state index in [1.54, 1.807) is 6.08 Å². The quantitative estimate of drug-likeness (QED) is 0.0152. The Morgan fingerprint density at radius 3 is 1.72 bits per heavy atom. The summed E-state index contributed by atoms with van der Waals surface area (Å²) in [6.45, 7) is 4.41. The van der Waals surface area contributed by atoms with Gasteiger partial charge in [-0.1, -0.05) is 184 Å². The number of phosphoric ester groups is 1. The maximum atomic E-state index is 12.6. The van der Waals surface area contributed by atoms with Crippen LogP contribution in [0.3, 0.4) is 0 Å². The van der Waals surface area contributed by atoms with E-state index in [9.17, 15) is 29.3 Å². The normalized spacial score (nSPS) is 15.1. The van der Waals surface area contributed by atoms with Gasteiger partial charge in [-0.25, -0.2) is 4.57 Å². The Morgan fingerprint density at radius 1 is 0.617 bits per heavy atom. The molecule has 0 aromatic heterocycles. The van der Waals surface area contributed by atoms with Crippen LogP contribution in [0.5, 0.6) is 0 Å². The number of aliphatic hydroxyl groups excluding tert-OH is 3. The lowest BCUT2D eigenvalue weighted by Gasteiger charge is -2.20. The maximum absolute atomic E-state index is 12.6. The summed E-state index contributed by atoms with van der Waals surface area (Å²) in [5, 5.41) is 28.2. The third kappa shape index (κ3) is 42.1. The van der Waals surface area contributed by atoms with Gasteiger partial charge in [-0.15, -0.1) is 0 Å². The summed E-state index contributed by atoms with van der Waals surface area (Å²) in [6.07, 6.45) is 43.6. The van der Waals surface area contributed by atoms with Gasteiger partial charge in [-0.05, 0) is 50.9 Å². The summed E-state index contributed by atoms with van der Waals surface area (Å²) in [5.74, 6) is -0.231. The first kappa shape index (κ1) is 57.4. The number of allylic oxidation sites excluding steroid dienone is 10. The van der Waals surface area contributed by atoms with Crippen LogP contribution in [-0.4, -0.2) is 76.9 Å². The first-order chi connectivity index (χ1) is 29.0. The molecule has 0 aliphatic carbocycles. The predicted octanol–water partition coefficient (Wildman–Crippen LogP) is 11.3. The van der Waals surface area contributed by atoms with Gasteiger partial charge in [0.05, 0.1) is 25.9 Å². The van der Waals surface area contributed by atoms with Crippen molar-refractivity contribution in [1.29, 1.82) is 0 Å². The number of hydrogen-bond donors (Lipinski definition) is 4. The Morgan fingerprint density at radius 2 is 1.15 bits per heavy atom. The molecule has 0 spiro atoms. The van der Waals surface area contributed by atoms with Crippen molar-refractivity contribution in [1.82, 2.24) is 0 Å². The standard InChI is InChI=1S/C48H83O11P/c1-4-5-29-35-44(50)36-31-26-22-18-14-10-8-12-15-19-23-27-32-37-47(52)56-41-46(42-58-60(54,55)57-40-45(51)39-49)59-48(53)38-33-28-24-20-16-11-7-6-9-13-17-21-25-30-34-43(2)3/h5,10,12,14-15,22-23,26-27,29,31,36,43-46,49-51H,4,6-9,11,13,16-21,24-25,28,30,32-35,37-42H2,1-3H3,(H,54,55)/b14-10-,15-12-,26-22+,27-23-,29-5-,36-31+/t44?,45-,46+/m0/s1. The highest BCUT2D eigenvalue weighted by atomic mass is 31.2. The fourth-order valence-electron chi connectivity index (χ4n) is 5.88.